The molecule has 0 aromatic heterocycles. The quantitative estimate of drug-likeness (QED) is 0.893. The molecule has 0 amide bonds. The molecule has 18 heavy (non-hydrogen) atoms. The highest BCUT2D eigenvalue weighted by atomic mass is 16.5. The summed E-state index contributed by atoms with van der Waals surface area (Å²) < 4.78 is 5.46. The Morgan fingerprint density at radius 3 is 2.39 bits per heavy atom. The molecule has 1 fully saturated rings. The molecule has 3 heteroatoms. The van der Waals surface area contributed by atoms with Gasteiger partial charge < -0.3 is 15.4 Å². The maximum atomic E-state index is 6.13. The molecule has 3 nitrogen and oxygen atoms in total. The van der Waals surface area contributed by atoms with E-state index in [2.05, 4.69) is 17.0 Å². The summed E-state index contributed by atoms with van der Waals surface area (Å²) in [5.41, 5.74) is 8.53. The first kappa shape index (κ1) is 13.2. The Kier molecular flexibility index (Phi) is 4.48. The van der Waals surface area contributed by atoms with Gasteiger partial charge in [-0.1, -0.05) is 18.9 Å². The SMILES string of the molecule is COc1cccc(N2CCCCCC2)c1[C@@H](C)N. The van der Waals surface area contributed by atoms with Gasteiger partial charge >= 0.3 is 0 Å². The highest BCUT2D eigenvalue weighted by Crippen LogP contribution is 2.34. The Labute approximate surface area is 110 Å². The van der Waals surface area contributed by atoms with E-state index in [9.17, 15) is 0 Å². The van der Waals surface area contributed by atoms with Crippen molar-refractivity contribution >= 4 is 5.69 Å². The van der Waals surface area contributed by atoms with E-state index in [1.807, 2.05) is 13.0 Å². The fraction of sp³-hybridized carbons (Fsp3) is 0.600. The molecule has 2 rings (SSSR count). The van der Waals surface area contributed by atoms with E-state index >= 15 is 0 Å². The van der Waals surface area contributed by atoms with Crippen LogP contribution in [0.3, 0.4) is 0 Å². The lowest BCUT2D eigenvalue weighted by atomic mass is 10.0. The van der Waals surface area contributed by atoms with Crippen molar-refractivity contribution < 1.29 is 4.74 Å². The van der Waals surface area contributed by atoms with E-state index < -0.39 is 0 Å². The van der Waals surface area contributed by atoms with E-state index in [0.29, 0.717) is 0 Å². The standard InChI is InChI=1S/C15H24N2O/c1-12(16)15-13(8-7-9-14(15)18-2)17-10-5-3-4-6-11-17/h7-9,12H,3-6,10-11,16H2,1-2H3/t12-/m1/s1. The smallest absolute Gasteiger partial charge is 0.125 e. The molecule has 0 radical (unpaired) electrons. The summed E-state index contributed by atoms with van der Waals surface area (Å²) in [4.78, 5) is 2.47. The molecule has 100 valence electrons. The molecule has 1 aromatic rings. The fourth-order valence-corrected chi connectivity index (χ4v) is 2.76. The third kappa shape index (κ3) is 2.78. The monoisotopic (exact) mass is 248 g/mol. The predicted octanol–water partition coefficient (Wildman–Crippen LogP) is 3.10. The first-order valence-electron chi connectivity index (χ1n) is 6.91. The minimum absolute atomic E-state index is 0.000553. The number of benzene rings is 1. The molecule has 0 unspecified atom stereocenters. The lowest BCUT2D eigenvalue weighted by molar-refractivity contribution is 0.407. The van der Waals surface area contributed by atoms with Crippen LogP contribution in [0.2, 0.25) is 0 Å². The lowest BCUT2D eigenvalue weighted by Gasteiger charge is -2.27. The highest BCUT2D eigenvalue weighted by Gasteiger charge is 2.18. The summed E-state index contributed by atoms with van der Waals surface area (Å²) in [6, 6.07) is 6.23. The Morgan fingerprint density at radius 2 is 1.83 bits per heavy atom. The van der Waals surface area contributed by atoms with Crippen LogP contribution in [0.25, 0.3) is 0 Å². The summed E-state index contributed by atoms with van der Waals surface area (Å²) in [6.07, 6.45) is 5.23. The van der Waals surface area contributed by atoms with Gasteiger partial charge in [0.2, 0.25) is 0 Å². The second-order valence-electron chi connectivity index (χ2n) is 5.08. The molecule has 1 saturated heterocycles. The Balaban J connectivity index is 2.35. The molecule has 0 spiro atoms. The van der Waals surface area contributed by atoms with E-state index in [1.54, 1.807) is 7.11 Å². The zero-order chi connectivity index (χ0) is 13.0. The zero-order valence-electron chi connectivity index (χ0n) is 11.5. The molecule has 0 saturated carbocycles. The van der Waals surface area contributed by atoms with Gasteiger partial charge in [-0.25, -0.2) is 0 Å². The van der Waals surface area contributed by atoms with Crippen molar-refractivity contribution in [2.75, 3.05) is 25.1 Å². The molecule has 1 aliphatic heterocycles. The van der Waals surface area contributed by atoms with Crippen LogP contribution in [0, 0.1) is 0 Å². The molecule has 1 heterocycles. The molecule has 0 aliphatic carbocycles. The first-order chi connectivity index (χ1) is 8.74. The van der Waals surface area contributed by atoms with Crippen LogP contribution in [0.4, 0.5) is 5.69 Å². The van der Waals surface area contributed by atoms with E-state index in [4.69, 9.17) is 10.5 Å². The average Bonchev–Trinajstić information content (AvgIpc) is 2.66. The van der Waals surface area contributed by atoms with Crippen LogP contribution in [0.15, 0.2) is 18.2 Å². The van der Waals surface area contributed by atoms with Crippen LogP contribution >= 0.6 is 0 Å². The van der Waals surface area contributed by atoms with E-state index in [-0.39, 0.29) is 6.04 Å². The number of hydrogen-bond acceptors (Lipinski definition) is 3. The van der Waals surface area contributed by atoms with Gasteiger partial charge in [-0.15, -0.1) is 0 Å². The predicted molar refractivity (Wildman–Crippen MR) is 76.3 cm³/mol. The van der Waals surface area contributed by atoms with Gasteiger partial charge in [0, 0.05) is 30.4 Å². The van der Waals surface area contributed by atoms with Crippen molar-refractivity contribution in [3.05, 3.63) is 23.8 Å². The molecule has 0 bridgehead atoms. The third-order valence-electron chi connectivity index (χ3n) is 3.67. The topological polar surface area (TPSA) is 38.5 Å². The Morgan fingerprint density at radius 1 is 1.17 bits per heavy atom. The second kappa shape index (κ2) is 6.10. The average molecular weight is 248 g/mol. The van der Waals surface area contributed by atoms with Crippen molar-refractivity contribution in [2.24, 2.45) is 5.73 Å². The van der Waals surface area contributed by atoms with Gasteiger partial charge in [0.15, 0.2) is 0 Å². The number of hydrogen-bond donors (Lipinski definition) is 1. The third-order valence-corrected chi connectivity index (χ3v) is 3.67. The van der Waals surface area contributed by atoms with E-state index in [1.165, 1.54) is 31.4 Å². The van der Waals surface area contributed by atoms with E-state index in [0.717, 1.165) is 24.4 Å². The number of methoxy groups -OCH3 is 1. The molecular formula is C15H24N2O. The van der Waals surface area contributed by atoms with Gasteiger partial charge in [0.25, 0.3) is 0 Å². The molecule has 2 N–H and O–H groups in total. The van der Waals surface area contributed by atoms with Crippen LogP contribution in [0.1, 0.15) is 44.2 Å². The summed E-state index contributed by atoms with van der Waals surface area (Å²) in [6.45, 7) is 4.29. The maximum absolute atomic E-state index is 6.13. The minimum atomic E-state index is -0.000553. The largest absolute Gasteiger partial charge is 0.496 e. The van der Waals surface area contributed by atoms with Gasteiger partial charge in [-0.3, -0.25) is 0 Å². The number of rotatable bonds is 3. The fourth-order valence-electron chi connectivity index (χ4n) is 2.76. The number of ether oxygens (including phenoxy) is 1. The van der Waals surface area contributed by atoms with Crippen LogP contribution in [-0.2, 0) is 0 Å². The molecular weight excluding hydrogens is 224 g/mol. The first-order valence-corrected chi connectivity index (χ1v) is 6.91. The number of anilines is 1. The second-order valence-corrected chi connectivity index (χ2v) is 5.08. The van der Waals surface area contributed by atoms with Crippen molar-refractivity contribution in [1.29, 1.82) is 0 Å². The lowest BCUT2D eigenvalue weighted by Crippen LogP contribution is -2.26. The van der Waals surface area contributed by atoms with Gasteiger partial charge in [-0.2, -0.15) is 0 Å². The van der Waals surface area contributed by atoms with Crippen LogP contribution in [-0.4, -0.2) is 20.2 Å². The van der Waals surface area contributed by atoms with Crippen LogP contribution < -0.4 is 15.4 Å². The van der Waals surface area contributed by atoms with Gasteiger partial charge in [0.05, 0.1) is 7.11 Å². The highest BCUT2D eigenvalue weighted by molar-refractivity contribution is 5.60. The Hall–Kier alpha value is -1.22. The summed E-state index contributed by atoms with van der Waals surface area (Å²) in [5, 5.41) is 0. The molecule has 1 aliphatic rings. The zero-order valence-corrected chi connectivity index (χ0v) is 11.5. The summed E-state index contributed by atoms with van der Waals surface area (Å²) in [7, 11) is 1.72. The van der Waals surface area contributed by atoms with Crippen molar-refractivity contribution in [3.8, 4) is 5.75 Å². The van der Waals surface area contributed by atoms with Gasteiger partial charge in [-0.05, 0) is 31.9 Å². The van der Waals surface area contributed by atoms with Crippen molar-refractivity contribution in [2.45, 2.75) is 38.6 Å². The van der Waals surface area contributed by atoms with Gasteiger partial charge in [0.1, 0.15) is 5.75 Å². The van der Waals surface area contributed by atoms with Crippen molar-refractivity contribution in [1.82, 2.24) is 0 Å². The number of nitrogens with zero attached hydrogens (tertiary/aromatic N) is 1. The van der Waals surface area contributed by atoms with Crippen molar-refractivity contribution in [3.63, 3.8) is 0 Å². The summed E-state index contributed by atoms with van der Waals surface area (Å²) in [5.74, 6) is 0.909. The normalized spacial score (nSPS) is 18.3. The van der Waals surface area contributed by atoms with Crippen LogP contribution in [0.5, 0.6) is 5.75 Å². The Bertz CT molecular complexity index is 382. The summed E-state index contributed by atoms with van der Waals surface area (Å²) >= 11 is 0. The number of nitrogens with two attached hydrogens (primary N) is 1. The molecule has 1 aromatic carbocycles. The molecule has 1 atom stereocenters. The minimum Gasteiger partial charge on any atom is -0.496 e. The maximum Gasteiger partial charge on any atom is 0.125 e.